The van der Waals surface area contributed by atoms with Gasteiger partial charge in [0, 0.05) is 23.9 Å². The number of thioether (sulfide) groups is 1. The van der Waals surface area contributed by atoms with Gasteiger partial charge in [-0.2, -0.15) is 0 Å². The second kappa shape index (κ2) is 8.14. The van der Waals surface area contributed by atoms with Gasteiger partial charge in [-0.15, -0.1) is 0 Å². The smallest absolute Gasteiger partial charge is 0.289 e. The number of nitrogens with zero attached hydrogens (tertiary/aromatic N) is 2. The van der Waals surface area contributed by atoms with Crippen LogP contribution in [0, 0.1) is 0 Å². The number of Topliss-reactive ketones (excluding diaryl/α,β-unsaturated/α-hetero) is 1. The number of carbonyl (C=O) groups is 3. The van der Waals surface area contributed by atoms with E-state index in [0.717, 1.165) is 23.0 Å². The lowest BCUT2D eigenvalue weighted by molar-refractivity contribution is -0.125. The van der Waals surface area contributed by atoms with Crippen LogP contribution in [0.25, 0.3) is 0 Å². The molecule has 1 saturated heterocycles. The number of aromatic nitrogens is 1. The van der Waals surface area contributed by atoms with Crippen molar-refractivity contribution in [1.82, 2.24) is 9.88 Å². The van der Waals surface area contributed by atoms with Gasteiger partial charge in [0.1, 0.15) is 5.75 Å². The van der Waals surface area contributed by atoms with E-state index >= 15 is 0 Å². The fourth-order valence-electron chi connectivity index (χ4n) is 2.46. The molecule has 0 unspecified atom stereocenters. The van der Waals surface area contributed by atoms with Crippen LogP contribution >= 0.6 is 11.8 Å². The Labute approximate surface area is 155 Å². The first-order valence-electron chi connectivity index (χ1n) is 8.17. The molecular weight excluding hydrogens is 352 g/mol. The van der Waals surface area contributed by atoms with E-state index in [1.807, 2.05) is 30.3 Å². The number of amides is 2. The number of hydrogen-bond acceptors (Lipinski definition) is 6. The number of pyridine rings is 1. The topological polar surface area (TPSA) is 76.6 Å². The van der Waals surface area contributed by atoms with E-state index in [0.29, 0.717) is 24.3 Å². The number of carbonyl (C=O) groups excluding carboxylic acids is 3. The summed E-state index contributed by atoms with van der Waals surface area (Å²) >= 11 is 1.04. The Balaban J connectivity index is 1.49. The summed E-state index contributed by atoms with van der Waals surface area (Å²) in [5.74, 6) is 0.782. The SMILES string of the molecule is CC(=O)c1ccc(CCOc2ccc(CN3C(=O)CSC3=O)cc2)nc1. The molecule has 0 saturated carbocycles. The fourth-order valence-corrected chi connectivity index (χ4v) is 3.19. The summed E-state index contributed by atoms with van der Waals surface area (Å²) in [6, 6.07) is 10.9. The van der Waals surface area contributed by atoms with E-state index in [9.17, 15) is 14.4 Å². The highest BCUT2D eigenvalue weighted by Crippen LogP contribution is 2.22. The molecule has 0 aliphatic carbocycles. The number of hydrogen-bond donors (Lipinski definition) is 0. The second-order valence-electron chi connectivity index (χ2n) is 5.87. The molecule has 2 heterocycles. The molecule has 134 valence electrons. The van der Waals surface area contributed by atoms with Gasteiger partial charge >= 0.3 is 0 Å². The first-order valence-corrected chi connectivity index (χ1v) is 9.16. The van der Waals surface area contributed by atoms with Gasteiger partial charge in [0.2, 0.25) is 5.91 Å². The maximum atomic E-state index is 11.6. The summed E-state index contributed by atoms with van der Waals surface area (Å²) in [7, 11) is 0. The molecular formula is C19H18N2O4S. The number of ketones is 1. The van der Waals surface area contributed by atoms with Gasteiger partial charge in [0.25, 0.3) is 5.24 Å². The van der Waals surface area contributed by atoms with Crippen LogP contribution in [0.3, 0.4) is 0 Å². The second-order valence-corrected chi connectivity index (χ2v) is 6.80. The summed E-state index contributed by atoms with van der Waals surface area (Å²) in [6.07, 6.45) is 2.21. The lowest BCUT2D eigenvalue weighted by Crippen LogP contribution is -2.27. The molecule has 0 N–H and O–H groups in total. The largest absolute Gasteiger partial charge is 0.493 e. The normalized spacial score (nSPS) is 14.0. The number of benzene rings is 1. The van der Waals surface area contributed by atoms with Crippen molar-refractivity contribution in [3.63, 3.8) is 0 Å². The van der Waals surface area contributed by atoms with E-state index in [1.54, 1.807) is 12.3 Å². The monoisotopic (exact) mass is 370 g/mol. The average molecular weight is 370 g/mol. The molecule has 0 bridgehead atoms. The van der Waals surface area contributed by atoms with Gasteiger partial charge < -0.3 is 4.74 Å². The zero-order chi connectivity index (χ0) is 18.5. The molecule has 1 aliphatic heterocycles. The molecule has 1 aliphatic rings. The van der Waals surface area contributed by atoms with Crippen molar-refractivity contribution in [3.8, 4) is 5.75 Å². The molecule has 0 spiro atoms. The lowest BCUT2D eigenvalue weighted by Gasteiger charge is -2.13. The van der Waals surface area contributed by atoms with Gasteiger partial charge in [-0.05, 0) is 36.8 Å². The summed E-state index contributed by atoms with van der Waals surface area (Å²) in [6.45, 7) is 2.26. The fraction of sp³-hybridized carbons (Fsp3) is 0.263. The Morgan fingerprint density at radius 2 is 1.96 bits per heavy atom. The van der Waals surface area contributed by atoms with Crippen LogP contribution in [-0.4, -0.2) is 39.2 Å². The van der Waals surface area contributed by atoms with Gasteiger partial charge in [-0.25, -0.2) is 0 Å². The molecule has 6 nitrogen and oxygen atoms in total. The number of rotatable bonds is 7. The number of imide groups is 1. The lowest BCUT2D eigenvalue weighted by atomic mass is 10.2. The van der Waals surface area contributed by atoms with Gasteiger partial charge in [0.05, 0.1) is 18.9 Å². The molecule has 1 aromatic carbocycles. The van der Waals surface area contributed by atoms with E-state index in [2.05, 4.69) is 4.98 Å². The van der Waals surface area contributed by atoms with Crippen molar-refractivity contribution < 1.29 is 19.1 Å². The predicted molar refractivity (Wildman–Crippen MR) is 98.3 cm³/mol. The molecule has 1 fully saturated rings. The highest BCUT2D eigenvalue weighted by Gasteiger charge is 2.29. The summed E-state index contributed by atoms with van der Waals surface area (Å²) < 4.78 is 5.70. The Bertz CT molecular complexity index is 802. The van der Waals surface area contributed by atoms with Gasteiger partial charge in [-0.1, -0.05) is 23.9 Å². The maximum absolute atomic E-state index is 11.6. The molecule has 26 heavy (non-hydrogen) atoms. The third-order valence-corrected chi connectivity index (χ3v) is 4.82. The van der Waals surface area contributed by atoms with E-state index in [4.69, 9.17) is 4.74 Å². The van der Waals surface area contributed by atoms with E-state index in [-0.39, 0.29) is 29.2 Å². The Morgan fingerprint density at radius 3 is 2.54 bits per heavy atom. The standard InChI is InChI=1S/C19H18N2O4S/c1-13(22)15-4-5-16(20-10-15)8-9-25-17-6-2-14(3-7-17)11-21-18(23)12-26-19(21)24/h2-7,10H,8-9,11-12H2,1H3. The van der Waals surface area contributed by atoms with Crippen molar-refractivity contribution in [2.75, 3.05) is 12.4 Å². The van der Waals surface area contributed by atoms with Crippen molar-refractivity contribution in [3.05, 3.63) is 59.4 Å². The zero-order valence-electron chi connectivity index (χ0n) is 14.3. The minimum absolute atomic E-state index is 0.00341. The molecule has 2 amide bonds. The van der Waals surface area contributed by atoms with Crippen LogP contribution in [0.4, 0.5) is 4.79 Å². The average Bonchev–Trinajstić information content (AvgIpc) is 2.95. The zero-order valence-corrected chi connectivity index (χ0v) is 15.1. The van der Waals surface area contributed by atoms with Crippen LogP contribution in [-0.2, 0) is 17.8 Å². The summed E-state index contributed by atoms with van der Waals surface area (Å²) in [5.41, 5.74) is 2.33. The minimum Gasteiger partial charge on any atom is -0.493 e. The maximum Gasteiger partial charge on any atom is 0.289 e. The molecule has 3 rings (SSSR count). The third-order valence-electron chi connectivity index (χ3n) is 3.96. The minimum atomic E-state index is -0.196. The summed E-state index contributed by atoms with van der Waals surface area (Å²) in [4.78, 5) is 40.0. The molecule has 0 radical (unpaired) electrons. The van der Waals surface area contributed by atoms with E-state index < -0.39 is 0 Å². The first-order chi connectivity index (χ1) is 12.5. The van der Waals surface area contributed by atoms with Crippen molar-refractivity contribution >= 4 is 28.7 Å². The van der Waals surface area contributed by atoms with Crippen molar-refractivity contribution in [2.45, 2.75) is 19.9 Å². The van der Waals surface area contributed by atoms with Crippen LogP contribution in [0.15, 0.2) is 42.6 Å². The Hall–Kier alpha value is -2.67. The summed E-state index contributed by atoms with van der Waals surface area (Å²) in [5, 5.41) is -0.196. The van der Waals surface area contributed by atoms with Gasteiger partial charge in [-0.3, -0.25) is 24.3 Å². The highest BCUT2D eigenvalue weighted by atomic mass is 32.2. The molecule has 7 heteroatoms. The van der Waals surface area contributed by atoms with Crippen molar-refractivity contribution in [1.29, 1.82) is 0 Å². The van der Waals surface area contributed by atoms with E-state index in [1.165, 1.54) is 11.8 Å². The molecule has 2 aromatic rings. The van der Waals surface area contributed by atoms with Crippen LogP contribution < -0.4 is 4.74 Å². The highest BCUT2D eigenvalue weighted by molar-refractivity contribution is 8.14. The molecule has 0 atom stereocenters. The van der Waals surface area contributed by atoms with Crippen molar-refractivity contribution in [2.24, 2.45) is 0 Å². The van der Waals surface area contributed by atoms with Gasteiger partial charge in [0.15, 0.2) is 5.78 Å². The Morgan fingerprint density at radius 1 is 1.19 bits per heavy atom. The quantitative estimate of drug-likeness (QED) is 0.697. The first kappa shape index (κ1) is 18.1. The Kier molecular flexibility index (Phi) is 5.68. The molecule has 1 aromatic heterocycles. The third kappa shape index (κ3) is 4.49. The van der Waals surface area contributed by atoms with Crippen LogP contribution in [0.2, 0.25) is 0 Å². The predicted octanol–water partition coefficient (Wildman–Crippen LogP) is 3.10. The number of ether oxygens (including phenoxy) is 1. The van der Waals surface area contributed by atoms with Crippen LogP contribution in [0.1, 0.15) is 28.5 Å². The van der Waals surface area contributed by atoms with Crippen LogP contribution in [0.5, 0.6) is 5.75 Å².